The molecular weight excluding hydrogens is 420 g/mol. The highest BCUT2D eigenvalue weighted by Gasteiger charge is 2.24. The number of ether oxygens (including phenoxy) is 1. The normalized spacial score (nSPS) is 16.8. The van der Waals surface area contributed by atoms with E-state index in [1.54, 1.807) is 7.11 Å². The second-order valence-electron chi connectivity index (χ2n) is 8.25. The van der Waals surface area contributed by atoms with Gasteiger partial charge in [0.1, 0.15) is 17.6 Å². The highest BCUT2D eigenvalue weighted by molar-refractivity contribution is 5.94. The third-order valence-electron chi connectivity index (χ3n) is 6.01. The molecule has 0 saturated heterocycles. The lowest BCUT2D eigenvalue weighted by Crippen LogP contribution is -2.30. The zero-order valence-electron chi connectivity index (χ0n) is 18.5. The van der Waals surface area contributed by atoms with Crippen LogP contribution in [0, 0.1) is 5.92 Å². The van der Waals surface area contributed by atoms with Crippen molar-refractivity contribution in [3.63, 3.8) is 0 Å². The SMILES string of the molecule is COC1C2=CC=C1C=C2.O=C(Nc1[nH]c(=O)[nH]c(=O)c1NCc1ccccc1)C1CCCC1. The fourth-order valence-corrected chi connectivity index (χ4v) is 4.26. The number of methoxy groups -OCH3 is 1. The fraction of sp³-hybridized carbons (Fsp3) is 0.320. The highest BCUT2D eigenvalue weighted by Crippen LogP contribution is 2.30. The van der Waals surface area contributed by atoms with E-state index in [2.05, 4.69) is 44.9 Å². The van der Waals surface area contributed by atoms with Crippen molar-refractivity contribution in [2.45, 2.75) is 38.3 Å². The Morgan fingerprint density at radius 3 is 2.27 bits per heavy atom. The lowest BCUT2D eigenvalue weighted by Gasteiger charge is -2.14. The molecule has 1 fully saturated rings. The molecule has 1 saturated carbocycles. The molecule has 0 unspecified atom stereocenters. The Labute approximate surface area is 191 Å². The van der Waals surface area contributed by atoms with Crippen LogP contribution in [0.3, 0.4) is 0 Å². The van der Waals surface area contributed by atoms with Crippen molar-refractivity contribution in [3.8, 4) is 0 Å². The maximum absolute atomic E-state index is 12.3. The molecule has 1 amide bonds. The number of carbonyl (C=O) groups excluding carboxylic acids is 1. The lowest BCUT2D eigenvalue weighted by atomic mass is 10.1. The monoisotopic (exact) mass is 448 g/mol. The molecular formula is C25H28N4O4. The average molecular weight is 449 g/mol. The minimum Gasteiger partial charge on any atom is -0.374 e. The first-order valence-corrected chi connectivity index (χ1v) is 11.1. The second-order valence-corrected chi connectivity index (χ2v) is 8.25. The van der Waals surface area contributed by atoms with E-state index >= 15 is 0 Å². The topological polar surface area (TPSA) is 116 Å². The molecule has 0 radical (unpaired) electrons. The Kier molecular flexibility index (Phi) is 7.04. The van der Waals surface area contributed by atoms with E-state index in [0.717, 1.165) is 31.2 Å². The summed E-state index contributed by atoms with van der Waals surface area (Å²) in [4.78, 5) is 40.6. The number of hydrogen-bond donors (Lipinski definition) is 4. The van der Waals surface area contributed by atoms with Crippen LogP contribution >= 0.6 is 0 Å². The first-order valence-electron chi connectivity index (χ1n) is 11.1. The molecule has 1 aromatic carbocycles. The standard InChI is InChI=1S/C17H20N4O3.C8H8O/c22-15(12-8-4-5-9-12)19-14-13(16(23)21-17(24)20-14)18-10-11-6-2-1-3-7-11;1-9-8-6-2-3-7(8)5-4-6/h1-3,6-7,12,18H,4-5,8-10H2,(H3,19,20,21,22,23,24);2-5,8H,1H3. The van der Waals surface area contributed by atoms with Crippen LogP contribution in [0.25, 0.3) is 0 Å². The Morgan fingerprint density at radius 2 is 1.70 bits per heavy atom. The van der Waals surface area contributed by atoms with E-state index < -0.39 is 11.2 Å². The van der Waals surface area contributed by atoms with Gasteiger partial charge >= 0.3 is 5.69 Å². The van der Waals surface area contributed by atoms with E-state index in [1.165, 1.54) is 11.1 Å². The Balaban J connectivity index is 0.000000238. The lowest BCUT2D eigenvalue weighted by molar-refractivity contribution is -0.119. The number of allylic oxidation sites excluding steroid dienone is 2. The minimum atomic E-state index is -0.646. The summed E-state index contributed by atoms with van der Waals surface area (Å²) in [7, 11) is 1.74. The van der Waals surface area contributed by atoms with Gasteiger partial charge in [0.05, 0.1) is 0 Å². The summed E-state index contributed by atoms with van der Waals surface area (Å²) in [5.41, 5.74) is 2.50. The highest BCUT2D eigenvalue weighted by atomic mass is 16.5. The smallest absolute Gasteiger partial charge is 0.327 e. The van der Waals surface area contributed by atoms with E-state index in [-0.39, 0.29) is 29.4 Å². The largest absolute Gasteiger partial charge is 0.374 e. The maximum atomic E-state index is 12.3. The quantitative estimate of drug-likeness (QED) is 0.541. The number of carbonyl (C=O) groups is 1. The molecule has 3 aliphatic rings. The van der Waals surface area contributed by atoms with Gasteiger partial charge in [-0.1, -0.05) is 67.5 Å². The van der Waals surface area contributed by atoms with Crippen molar-refractivity contribution in [2.24, 2.45) is 5.92 Å². The van der Waals surface area contributed by atoms with Crippen molar-refractivity contribution >= 4 is 17.4 Å². The van der Waals surface area contributed by atoms with Gasteiger partial charge in [-0.25, -0.2) is 4.79 Å². The number of aromatic nitrogens is 2. The molecule has 8 nitrogen and oxygen atoms in total. The van der Waals surface area contributed by atoms with Gasteiger partial charge in [0.2, 0.25) is 5.91 Å². The molecule has 0 aliphatic heterocycles. The summed E-state index contributed by atoms with van der Waals surface area (Å²) in [6.07, 6.45) is 12.4. The maximum Gasteiger partial charge on any atom is 0.327 e. The second kappa shape index (κ2) is 10.3. The molecule has 172 valence electrons. The van der Waals surface area contributed by atoms with Crippen LogP contribution < -0.4 is 21.9 Å². The van der Waals surface area contributed by atoms with Crippen LogP contribution in [0.15, 0.2) is 75.4 Å². The predicted molar refractivity (Wildman–Crippen MR) is 128 cm³/mol. The zero-order chi connectivity index (χ0) is 23.2. The van der Waals surface area contributed by atoms with Gasteiger partial charge in [-0.15, -0.1) is 0 Å². The van der Waals surface area contributed by atoms with Gasteiger partial charge in [-0.3, -0.25) is 19.6 Å². The van der Waals surface area contributed by atoms with Crippen molar-refractivity contribution in [1.29, 1.82) is 0 Å². The number of amides is 1. The molecule has 4 N–H and O–H groups in total. The number of fused-ring (bicyclic) bond motifs is 2. The molecule has 0 spiro atoms. The van der Waals surface area contributed by atoms with Crippen LogP contribution in [-0.2, 0) is 16.1 Å². The summed E-state index contributed by atoms with van der Waals surface area (Å²) in [5.74, 6) is -0.0946. The first-order chi connectivity index (χ1) is 16.0. The molecule has 8 heteroatoms. The van der Waals surface area contributed by atoms with Gasteiger partial charge in [0.25, 0.3) is 5.56 Å². The van der Waals surface area contributed by atoms with E-state index in [9.17, 15) is 14.4 Å². The number of nitrogens with one attached hydrogen (secondary N) is 4. The van der Waals surface area contributed by atoms with E-state index in [1.807, 2.05) is 30.3 Å². The molecule has 33 heavy (non-hydrogen) atoms. The summed E-state index contributed by atoms with van der Waals surface area (Å²) in [6.45, 7) is 0.405. The minimum absolute atomic E-state index is 0.0604. The first kappa shape index (κ1) is 22.5. The van der Waals surface area contributed by atoms with E-state index in [4.69, 9.17) is 4.74 Å². The number of benzene rings is 1. The fourth-order valence-electron chi connectivity index (χ4n) is 4.26. The van der Waals surface area contributed by atoms with Crippen molar-refractivity contribution < 1.29 is 9.53 Å². The Hall–Kier alpha value is -3.65. The summed E-state index contributed by atoms with van der Waals surface area (Å²) in [5, 5.41) is 5.69. The van der Waals surface area contributed by atoms with Crippen LogP contribution in [0.5, 0.6) is 0 Å². The number of hydrogen-bond acceptors (Lipinski definition) is 5. The molecule has 1 aromatic heterocycles. The molecule has 0 atom stereocenters. The Bertz CT molecular complexity index is 1180. The molecule has 2 bridgehead atoms. The predicted octanol–water partition coefficient (Wildman–Crippen LogP) is 3.24. The molecule has 2 aromatic rings. The van der Waals surface area contributed by atoms with Gasteiger partial charge in [0.15, 0.2) is 0 Å². The van der Waals surface area contributed by atoms with Crippen molar-refractivity contribution in [1.82, 2.24) is 9.97 Å². The summed E-state index contributed by atoms with van der Waals surface area (Å²) < 4.78 is 5.20. The molecule has 3 aliphatic carbocycles. The number of H-pyrrole nitrogens is 2. The average Bonchev–Trinajstić information content (AvgIpc) is 3.57. The number of anilines is 2. The van der Waals surface area contributed by atoms with Crippen LogP contribution in [0.1, 0.15) is 31.2 Å². The van der Waals surface area contributed by atoms with E-state index in [0.29, 0.717) is 6.54 Å². The van der Waals surface area contributed by atoms with Crippen LogP contribution in [-0.4, -0.2) is 29.1 Å². The van der Waals surface area contributed by atoms with Gasteiger partial charge in [0, 0.05) is 19.6 Å². The van der Waals surface area contributed by atoms with Crippen LogP contribution in [0.4, 0.5) is 11.5 Å². The number of aromatic amines is 2. The molecule has 5 rings (SSSR count). The third-order valence-corrected chi connectivity index (χ3v) is 6.01. The van der Waals surface area contributed by atoms with Crippen molar-refractivity contribution in [3.05, 3.63) is 92.2 Å². The third kappa shape index (κ3) is 5.40. The van der Waals surface area contributed by atoms with Crippen LogP contribution in [0.2, 0.25) is 0 Å². The number of rotatable bonds is 6. The van der Waals surface area contributed by atoms with Gasteiger partial charge < -0.3 is 15.4 Å². The van der Waals surface area contributed by atoms with Gasteiger partial charge in [-0.2, -0.15) is 0 Å². The van der Waals surface area contributed by atoms with Gasteiger partial charge in [-0.05, 0) is 29.6 Å². The summed E-state index contributed by atoms with van der Waals surface area (Å²) >= 11 is 0. The molecule has 1 heterocycles. The van der Waals surface area contributed by atoms with Crippen molar-refractivity contribution in [2.75, 3.05) is 17.7 Å². The zero-order valence-corrected chi connectivity index (χ0v) is 18.5. The Morgan fingerprint density at radius 1 is 1.03 bits per heavy atom. The summed E-state index contributed by atoms with van der Waals surface area (Å²) in [6, 6.07) is 9.55.